The number of likely N-dealkylation sites (tertiary alicyclic amines) is 1. The van der Waals surface area contributed by atoms with Crippen LogP contribution in [0.4, 0.5) is 0 Å². The van der Waals surface area contributed by atoms with Gasteiger partial charge in [-0.3, -0.25) is 14.0 Å². The number of thiazole rings is 1. The van der Waals surface area contributed by atoms with Crippen LogP contribution in [0.1, 0.15) is 23.2 Å². The average molecular weight is 279 g/mol. The number of piperidine rings is 1. The summed E-state index contributed by atoms with van der Waals surface area (Å²) < 4.78 is 1.37. The molecule has 7 heteroatoms. The smallest absolute Gasteiger partial charge is 0.271 e. The Morgan fingerprint density at radius 1 is 1.53 bits per heavy atom. The highest BCUT2D eigenvalue weighted by Gasteiger charge is 2.25. The summed E-state index contributed by atoms with van der Waals surface area (Å²) >= 11 is 1.34. The van der Waals surface area contributed by atoms with Crippen molar-refractivity contribution in [2.45, 2.75) is 18.9 Å². The second-order valence-corrected chi connectivity index (χ2v) is 5.45. The fourth-order valence-electron chi connectivity index (χ4n) is 2.28. The molecule has 0 spiro atoms. The molecule has 100 valence electrons. The van der Waals surface area contributed by atoms with E-state index in [1.54, 1.807) is 11.6 Å². The van der Waals surface area contributed by atoms with Gasteiger partial charge in [0.15, 0.2) is 4.96 Å². The fourth-order valence-corrected chi connectivity index (χ4v) is 2.96. The molecule has 2 aromatic rings. The first-order valence-electron chi connectivity index (χ1n) is 6.09. The van der Waals surface area contributed by atoms with Crippen molar-refractivity contribution in [2.24, 2.45) is 0 Å². The van der Waals surface area contributed by atoms with Crippen LogP contribution < -0.4 is 5.56 Å². The van der Waals surface area contributed by atoms with E-state index in [1.807, 2.05) is 0 Å². The van der Waals surface area contributed by atoms with E-state index in [-0.39, 0.29) is 23.6 Å². The molecule has 0 unspecified atom stereocenters. The summed E-state index contributed by atoms with van der Waals surface area (Å²) in [4.78, 5) is 30.7. The van der Waals surface area contributed by atoms with Crippen molar-refractivity contribution in [3.63, 3.8) is 0 Å². The van der Waals surface area contributed by atoms with Crippen LogP contribution in [-0.2, 0) is 0 Å². The van der Waals surface area contributed by atoms with Gasteiger partial charge in [0.05, 0.1) is 6.10 Å². The van der Waals surface area contributed by atoms with Gasteiger partial charge in [-0.2, -0.15) is 0 Å². The van der Waals surface area contributed by atoms with E-state index in [4.69, 9.17) is 0 Å². The van der Waals surface area contributed by atoms with E-state index in [2.05, 4.69) is 4.98 Å². The van der Waals surface area contributed by atoms with Crippen molar-refractivity contribution in [2.75, 3.05) is 13.1 Å². The van der Waals surface area contributed by atoms with Crippen LogP contribution in [0.5, 0.6) is 0 Å². The Bertz CT molecular complexity index is 678. The van der Waals surface area contributed by atoms with E-state index in [0.29, 0.717) is 17.9 Å². The molecule has 3 rings (SSSR count). The van der Waals surface area contributed by atoms with E-state index in [0.717, 1.165) is 6.42 Å². The molecular formula is C12H13N3O3S. The zero-order valence-corrected chi connectivity index (χ0v) is 11.0. The summed E-state index contributed by atoms with van der Waals surface area (Å²) in [5, 5.41) is 11.3. The quantitative estimate of drug-likeness (QED) is 0.817. The van der Waals surface area contributed by atoms with Crippen molar-refractivity contribution < 1.29 is 9.90 Å². The lowest BCUT2D eigenvalue weighted by atomic mass is 10.1. The summed E-state index contributed by atoms with van der Waals surface area (Å²) in [6.45, 7) is 0.853. The third-order valence-corrected chi connectivity index (χ3v) is 4.03. The number of β-amino-alcohol motifs (C(OH)–C–C–N with tert-alkyl or cyclic N) is 1. The number of amides is 1. The molecule has 19 heavy (non-hydrogen) atoms. The van der Waals surface area contributed by atoms with Gasteiger partial charge < -0.3 is 10.0 Å². The largest absolute Gasteiger partial charge is 0.391 e. The van der Waals surface area contributed by atoms with Crippen molar-refractivity contribution in [3.8, 4) is 0 Å². The third-order valence-electron chi connectivity index (χ3n) is 3.26. The molecule has 3 heterocycles. The van der Waals surface area contributed by atoms with Crippen LogP contribution in [0.25, 0.3) is 4.96 Å². The van der Waals surface area contributed by atoms with Crippen LogP contribution in [-0.4, -0.2) is 44.5 Å². The molecule has 0 aliphatic carbocycles. The van der Waals surface area contributed by atoms with E-state index in [9.17, 15) is 14.7 Å². The van der Waals surface area contributed by atoms with Crippen LogP contribution in [0, 0.1) is 0 Å². The maximum Gasteiger partial charge on any atom is 0.271 e. The van der Waals surface area contributed by atoms with Gasteiger partial charge in [0, 0.05) is 30.9 Å². The minimum atomic E-state index is -0.502. The highest BCUT2D eigenvalue weighted by Crippen LogP contribution is 2.13. The molecule has 1 fully saturated rings. The number of rotatable bonds is 1. The molecule has 1 atom stereocenters. The number of aromatic nitrogens is 2. The minimum Gasteiger partial charge on any atom is -0.391 e. The highest BCUT2D eigenvalue weighted by atomic mass is 32.1. The molecule has 6 nitrogen and oxygen atoms in total. The summed E-state index contributed by atoms with van der Waals surface area (Å²) in [6.07, 6.45) is 3.89. The highest BCUT2D eigenvalue weighted by molar-refractivity contribution is 7.15. The number of hydrogen-bond donors (Lipinski definition) is 1. The number of hydrogen-bond acceptors (Lipinski definition) is 5. The predicted octanol–water partition coefficient (Wildman–Crippen LogP) is 0.353. The first kappa shape index (κ1) is 12.3. The van der Waals surface area contributed by atoms with Gasteiger partial charge in [0.2, 0.25) is 0 Å². The maximum atomic E-state index is 12.3. The summed E-state index contributed by atoms with van der Waals surface area (Å²) in [7, 11) is 0. The van der Waals surface area contributed by atoms with Crippen molar-refractivity contribution in [1.82, 2.24) is 14.3 Å². The number of carbonyl (C=O) groups excluding carboxylic acids is 1. The van der Waals surface area contributed by atoms with Gasteiger partial charge in [0.25, 0.3) is 11.5 Å². The Morgan fingerprint density at radius 2 is 2.37 bits per heavy atom. The van der Waals surface area contributed by atoms with Crippen molar-refractivity contribution in [3.05, 3.63) is 33.7 Å². The number of aliphatic hydroxyl groups is 1. The lowest BCUT2D eigenvalue weighted by Crippen LogP contribution is -2.44. The number of fused-ring (bicyclic) bond motifs is 1. The molecule has 1 amide bonds. The Balaban J connectivity index is 1.97. The molecule has 2 aromatic heterocycles. The first-order chi connectivity index (χ1) is 9.16. The Morgan fingerprint density at radius 3 is 3.16 bits per heavy atom. The van der Waals surface area contributed by atoms with Crippen LogP contribution >= 0.6 is 11.3 Å². The lowest BCUT2D eigenvalue weighted by Gasteiger charge is -2.29. The first-order valence-corrected chi connectivity index (χ1v) is 6.97. The van der Waals surface area contributed by atoms with E-state index < -0.39 is 6.10 Å². The zero-order valence-electron chi connectivity index (χ0n) is 10.2. The molecular weight excluding hydrogens is 266 g/mol. The summed E-state index contributed by atoms with van der Waals surface area (Å²) in [5.41, 5.74) is -0.290. The molecule has 0 bridgehead atoms. The van der Waals surface area contributed by atoms with Gasteiger partial charge in [-0.1, -0.05) is 0 Å². The van der Waals surface area contributed by atoms with Gasteiger partial charge in [-0.25, -0.2) is 4.98 Å². The third kappa shape index (κ3) is 2.15. The number of aliphatic hydroxyl groups excluding tert-OH is 1. The summed E-state index contributed by atoms with van der Waals surface area (Å²) in [5.74, 6) is -0.350. The Hall–Kier alpha value is -1.73. The fraction of sp³-hybridized carbons (Fsp3) is 0.417. The summed E-state index contributed by atoms with van der Waals surface area (Å²) in [6, 6.07) is 0. The van der Waals surface area contributed by atoms with Crippen LogP contribution in [0.2, 0.25) is 0 Å². The van der Waals surface area contributed by atoms with Crippen LogP contribution in [0.15, 0.2) is 22.6 Å². The van der Waals surface area contributed by atoms with E-state index >= 15 is 0 Å². The number of nitrogens with zero attached hydrogens (tertiary/aromatic N) is 3. The van der Waals surface area contributed by atoms with Gasteiger partial charge in [-0.15, -0.1) is 11.3 Å². The lowest BCUT2D eigenvalue weighted by molar-refractivity contribution is 0.0472. The molecule has 0 saturated carbocycles. The predicted molar refractivity (Wildman–Crippen MR) is 70.5 cm³/mol. The molecule has 1 saturated heterocycles. The Labute approximate surface area is 112 Å². The van der Waals surface area contributed by atoms with Crippen LogP contribution in [0.3, 0.4) is 0 Å². The van der Waals surface area contributed by atoms with Crippen molar-refractivity contribution in [1.29, 1.82) is 0 Å². The maximum absolute atomic E-state index is 12.3. The molecule has 0 aromatic carbocycles. The minimum absolute atomic E-state index is 0.0602. The standard InChI is InChI=1S/C12H13N3O3S/c16-8-2-1-3-14(7-8)10(17)9-6-13-12-15(11(9)18)4-5-19-12/h4-6,8,16H,1-3,7H2/t8-/m0/s1. The number of carbonyl (C=O) groups is 1. The molecule has 1 N–H and O–H groups in total. The van der Waals surface area contributed by atoms with E-state index in [1.165, 1.54) is 26.8 Å². The van der Waals surface area contributed by atoms with Gasteiger partial charge in [0.1, 0.15) is 5.56 Å². The zero-order chi connectivity index (χ0) is 13.4. The topological polar surface area (TPSA) is 74.9 Å². The van der Waals surface area contributed by atoms with Gasteiger partial charge >= 0.3 is 0 Å². The normalized spacial score (nSPS) is 19.8. The molecule has 1 aliphatic heterocycles. The second-order valence-electron chi connectivity index (χ2n) is 4.58. The average Bonchev–Trinajstić information content (AvgIpc) is 2.88. The monoisotopic (exact) mass is 279 g/mol. The van der Waals surface area contributed by atoms with Crippen molar-refractivity contribution >= 4 is 22.2 Å². The molecule has 1 aliphatic rings. The SMILES string of the molecule is O=C(c1cnc2sccn2c1=O)N1CCC[C@H](O)C1. The Kier molecular flexibility index (Phi) is 3.08. The van der Waals surface area contributed by atoms with Gasteiger partial charge in [-0.05, 0) is 12.8 Å². The molecule has 0 radical (unpaired) electrons. The second kappa shape index (κ2) is 4.75.